The van der Waals surface area contributed by atoms with Crippen molar-refractivity contribution in [3.05, 3.63) is 35.9 Å². The Labute approximate surface area is 186 Å². The summed E-state index contributed by atoms with van der Waals surface area (Å²) in [6.45, 7) is 12.4. The van der Waals surface area contributed by atoms with Crippen LogP contribution in [-0.4, -0.2) is 66.4 Å². The van der Waals surface area contributed by atoms with Crippen molar-refractivity contribution in [2.45, 2.75) is 58.8 Å². The number of nitrogens with one attached hydrogen (secondary N) is 1. The van der Waals surface area contributed by atoms with E-state index in [9.17, 15) is 9.59 Å². The fourth-order valence-corrected chi connectivity index (χ4v) is 4.33. The lowest BCUT2D eigenvalue weighted by Gasteiger charge is -2.46. The molecule has 3 rings (SSSR count). The van der Waals surface area contributed by atoms with Crippen molar-refractivity contribution in [3.8, 4) is 0 Å². The number of carbonyl (C=O) groups excluding carboxylic acids is 2. The van der Waals surface area contributed by atoms with Crippen LogP contribution in [0.5, 0.6) is 0 Å². The monoisotopic (exact) mass is 431 g/mol. The fourth-order valence-electron chi connectivity index (χ4n) is 4.33. The highest BCUT2D eigenvalue weighted by Crippen LogP contribution is 2.31. The van der Waals surface area contributed by atoms with Crippen molar-refractivity contribution in [2.75, 3.05) is 32.7 Å². The predicted molar refractivity (Wildman–Crippen MR) is 120 cm³/mol. The number of nitrogens with zero attached hydrogens (tertiary/aromatic N) is 2. The van der Waals surface area contributed by atoms with Crippen LogP contribution in [0.2, 0.25) is 0 Å². The smallest absolute Gasteiger partial charge is 0.410 e. The molecular formula is C24H37N3O4. The first-order valence-corrected chi connectivity index (χ1v) is 11.4. The third-order valence-electron chi connectivity index (χ3n) is 5.88. The molecule has 1 N–H and O–H groups in total. The molecule has 2 aliphatic heterocycles. The number of rotatable bonds is 6. The molecule has 0 aliphatic carbocycles. The highest BCUT2D eigenvalue weighted by Gasteiger charge is 2.39. The van der Waals surface area contributed by atoms with Crippen LogP contribution in [0.1, 0.15) is 46.1 Å². The summed E-state index contributed by atoms with van der Waals surface area (Å²) in [6.07, 6.45) is 1.77. The molecule has 2 heterocycles. The topological polar surface area (TPSA) is 71.1 Å². The highest BCUT2D eigenvalue weighted by molar-refractivity contribution is 5.69. The molecule has 172 valence electrons. The fraction of sp³-hybridized carbons (Fsp3) is 0.667. The molecule has 1 aromatic carbocycles. The van der Waals surface area contributed by atoms with Crippen molar-refractivity contribution in [3.63, 3.8) is 0 Å². The van der Waals surface area contributed by atoms with E-state index in [2.05, 4.69) is 10.2 Å². The highest BCUT2D eigenvalue weighted by atomic mass is 16.6. The van der Waals surface area contributed by atoms with Crippen molar-refractivity contribution in [1.29, 1.82) is 0 Å². The van der Waals surface area contributed by atoms with Gasteiger partial charge in [0.05, 0.1) is 0 Å². The Kier molecular flexibility index (Phi) is 7.81. The maximum absolute atomic E-state index is 12.2. The summed E-state index contributed by atoms with van der Waals surface area (Å²) in [7, 11) is 0. The van der Waals surface area contributed by atoms with Crippen LogP contribution in [0.25, 0.3) is 0 Å². The van der Waals surface area contributed by atoms with Crippen LogP contribution in [0.15, 0.2) is 30.3 Å². The molecule has 0 bridgehead atoms. The Morgan fingerprint density at radius 1 is 1.13 bits per heavy atom. The van der Waals surface area contributed by atoms with Gasteiger partial charge in [-0.25, -0.2) is 9.59 Å². The van der Waals surface area contributed by atoms with Gasteiger partial charge in [-0.15, -0.1) is 0 Å². The lowest BCUT2D eigenvalue weighted by molar-refractivity contribution is -0.0199. The summed E-state index contributed by atoms with van der Waals surface area (Å²) in [4.78, 5) is 28.5. The van der Waals surface area contributed by atoms with Gasteiger partial charge in [-0.05, 0) is 64.5 Å². The van der Waals surface area contributed by atoms with Gasteiger partial charge >= 0.3 is 12.2 Å². The summed E-state index contributed by atoms with van der Waals surface area (Å²) in [5.74, 6) is 1.12. The third kappa shape index (κ3) is 7.42. The first kappa shape index (κ1) is 23.4. The van der Waals surface area contributed by atoms with Crippen molar-refractivity contribution < 1.29 is 19.1 Å². The second kappa shape index (κ2) is 10.4. The average Bonchev–Trinajstić information content (AvgIpc) is 2.65. The number of likely N-dealkylation sites (tertiary alicyclic amines) is 2. The zero-order valence-electron chi connectivity index (χ0n) is 19.3. The van der Waals surface area contributed by atoms with Gasteiger partial charge in [-0.3, -0.25) is 0 Å². The second-order valence-corrected chi connectivity index (χ2v) is 9.91. The molecule has 2 saturated heterocycles. The standard InChI is InChI=1S/C24H37N3O4/c1-18(25-22(28)30-17-19-9-6-5-7-10-19)13-26-12-8-11-20(14-26)21-15-27(16-21)23(29)31-24(2,3)4/h5-7,9-10,18,20-21H,8,11-17H2,1-4H3,(H,25,28)/t18-,20+/m1/s1. The normalized spacial score (nSPS) is 21.2. The van der Waals surface area contributed by atoms with Gasteiger partial charge in [0.15, 0.2) is 0 Å². The third-order valence-corrected chi connectivity index (χ3v) is 5.88. The van der Waals surface area contributed by atoms with Crippen LogP contribution >= 0.6 is 0 Å². The van der Waals surface area contributed by atoms with Crippen LogP contribution in [0, 0.1) is 11.8 Å². The minimum Gasteiger partial charge on any atom is -0.445 e. The zero-order chi connectivity index (χ0) is 22.4. The molecule has 7 heteroatoms. The van der Waals surface area contributed by atoms with Gasteiger partial charge in [-0.2, -0.15) is 0 Å². The van der Waals surface area contributed by atoms with Crippen LogP contribution in [0.3, 0.4) is 0 Å². The van der Waals surface area contributed by atoms with Crippen LogP contribution in [-0.2, 0) is 16.1 Å². The number of alkyl carbamates (subject to hydrolysis) is 1. The molecular weight excluding hydrogens is 394 g/mol. The van der Waals surface area contributed by atoms with E-state index in [-0.39, 0.29) is 24.8 Å². The first-order valence-electron chi connectivity index (χ1n) is 11.4. The van der Waals surface area contributed by atoms with Gasteiger partial charge in [0.2, 0.25) is 0 Å². The Morgan fingerprint density at radius 2 is 1.84 bits per heavy atom. The minimum atomic E-state index is -0.449. The molecule has 0 aromatic heterocycles. The van der Waals surface area contributed by atoms with Gasteiger partial charge in [0.1, 0.15) is 12.2 Å². The lowest BCUT2D eigenvalue weighted by Crippen LogP contribution is -2.56. The van der Waals surface area contributed by atoms with E-state index in [1.54, 1.807) is 0 Å². The molecule has 7 nitrogen and oxygen atoms in total. The Morgan fingerprint density at radius 3 is 2.52 bits per heavy atom. The maximum Gasteiger partial charge on any atom is 0.410 e. The number of hydrogen-bond donors (Lipinski definition) is 1. The predicted octanol–water partition coefficient (Wildman–Crippen LogP) is 3.88. The Balaban J connectivity index is 1.36. The number of piperidine rings is 1. The Bertz CT molecular complexity index is 728. The Hall–Kier alpha value is -2.28. The summed E-state index contributed by atoms with van der Waals surface area (Å²) < 4.78 is 10.8. The van der Waals surface area contributed by atoms with Crippen molar-refractivity contribution >= 4 is 12.2 Å². The summed E-state index contributed by atoms with van der Waals surface area (Å²) >= 11 is 0. The molecule has 2 aliphatic rings. The number of amides is 2. The van der Waals surface area contributed by atoms with Crippen molar-refractivity contribution in [1.82, 2.24) is 15.1 Å². The maximum atomic E-state index is 12.2. The van der Waals surface area contributed by atoms with Gasteiger partial charge in [0, 0.05) is 32.2 Å². The quantitative estimate of drug-likeness (QED) is 0.740. The van der Waals surface area contributed by atoms with E-state index in [4.69, 9.17) is 9.47 Å². The lowest BCUT2D eigenvalue weighted by atomic mass is 9.80. The molecule has 2 amide bonds. The van der Waals surface area contributed by atoms with Gasteiger partial charge in [0.25, 0.3) is 0 Å². The summed E-state index contributed by atoms with van der Waals surface area (Å²) in [6, 6.07) is 9.70. The molecule has 1 aromatic rings. The van der Waals surface area contributed by atoms with E-state index in [0.717, 1.165) is 44.7 Å². The van der Waals surface area contributed by atoms with E-state index in [1.165, 1.54) is 6.42 Å². The molecule has 0 saturated carbocycles. The number of hydrogen-bond acceptors (Lipinski definition) is 5. The van der Waals surface area contributed by atoms with Gasteiger partial charge in [-0.1, -0.05) is 30.3 Å². The molecule has 0 spiro atoms. The summed E-state index contributed by atoms with van der Waals surface area (Å²) in [5, 5.41) is 2.94. The minimum absolute atomic E-state index is 0.0154. The van der Waals surface area contributed by atoms with E-state index in [0.29, 0.717) is 11.8 Å². The van der Waals surface area contributed by atoms with Gasteiger partial charge < -0.3 is 24.6 Å². The number of ether oxygens (including phenoxy) is 2. The average molecular weight is 432 g/mol. The number of benzene rings is 1. The zero-order valence-corrected chi connectivity index (χ0v) is 19.3. The second-order valence-electron chi connectivity index (χ2n) is 9.91. The van der Waals surface area contributed by atoms with E-state index >= 15 is 0 Å². The van der Waals surface area contributed by atoms with E-state index < -0.39 is 5.60 Å². The van der Waals surface area contributed by atoms with E-state index in [1.807, 2.05) is 62.9 Å². The van der Waals surface area contributed by atoms with Crippen molar-refractivity contribution in [2.24, 2.45) is 11.8 Å². The molecule has 31 heavy (non-hydrogen) atoms. The molecule has 0 radical (unpaired) electrons. The summed E-state index contributed by atoms with van der Waals surface area (Å²) in [5.41, 5.74) is 0.528. The largest absolute Gasteiger partial charge is 0.445 e. The van der Waals surface area contributed by atoms with Crippen LogP contribution < -0.4 is 5.32 Å². The molecule has 2 fully saturated rings. The molecule has 0 unspecified atom stereocenters. The first-order chi connectivity index (χ1) is 14.7. The molecule has 2 atom stereocenters. The van der Waals surface area contributed by atoms with Crippen LogP contribution in [0.4, 0.5) is 9.59 Å². The SMILES string of the molecule is C[C@H](CN1CCC[C@H](C2CN(C(=O)OC(C)(C)C)C2)C1)NC(=O)OCc1ccccc1. The number of carbonyl (C=O) groups is 2.